The molecule has 0 saturated carbocycles. The van der Waals surface area contributed by atoms with Gasteiger partial charge in [0.2, 0.25) is 0 Å². The van der Waals surface area contributed by atoms with Crippen molar-refractivity contribution in [3.05, 3.63) is 52.6 Å². The van der Waals surface area contributed by atoms with Gasteiger partial charge in [0.15, 0.2) is 23.8 Å². The third-order valence-corrected chi connectivity index (χ3v) is 6.38. The lowest BCUT2D eigenvalue weighted by molar-refractivity contribution is -0.388. The topological polar surface area (TPSA) is 104 Å². The summed E-state index contributed by atoms with van der Waals surface area (Å²) >= 11 is 0. The van der Waals surface area contributed by atoms with Gasteiger partial charge in [-0.2, -0.15) is 0 Å². The number of aliphatic hydroxyl groups excluding tert-OH is 1. The number of carbonyl (C=O) groups excluding carboxylic acids is 2. The SMILES string of the molecule is COc1ccc2c3c1C(=O)C[C@@H](O)[C@]31Oc3cccc4c3[C@](O2)(O1)[C@@H]1O[C@@H]1C4=O. The average molecular weight is 394 g/mol. The molecule has 5 aliphatic rings. The van der Waals surface area contributed by atoms with Crippen LogP contribution in [0.25, 0.3) is 0 Å². The van der Waals surface area contributed by atoms with Crippen molar-refractivity contribution in [1.82, 2.24) is 0 Å². The fraction of sp³-hybridized carbons (Fsp3) is 0.333. The van der Waals surface area contributed by atoms with Gasteiger partial charge in [-0.25, -0.2) is 0 Å². The highest BCUT2D eigenvalue weighted by Crippen LogP contribution is 2.64. The van der Waals surface area contributed by atoms with Crippen molar-refractivity contribution in [2.24, 2.45) is 0 Å². The molecule has 1 N–H and O–H groups in total. The Morgan fingerprint density at radius 2 is 1.86 bits per heavy atom. The number of rotatable bonds is 1. The Morgan fingerprint density at radius 1 is 1.07 bits per heavy atom. The van der Waals surface area contributed by atoms with Gasteiger partial charge in [-0.3, -0.25) is 14.3 Å². The van der Waals surface area contributed by atoms with Crippen molar-refractivity contribution in [3.8, 4) is 17.2 Å². The molecule has 0 radical (unpaired) electrons. The van der Waals surface area contributed by atoms with Crippen LogP contribution in [0.1, 0.15) is 38.3 Å². The number of fused-ring (bicyclic) bond motifs is 1. The summed E-state index contributed by atoms with van der Waals surface area (Å²) in [5.74, 6) is -2.50. The third-order valence-electron chi connectivity index (χ3n) is 6.38. The number of epoxide rings is 1. The van der Waals surface area contributed by atoms with Gasteiger partial charge in [-0.05, 0) is 18.2 Å². The Morgan fingerprint density at radius 3 is 2.69 bits per heavy atom. The van der Waals surface area contributed by atoms with E-state index in [0.29, 0.717) is 33.9 Å². The first kappa shape index (κ1) is 15.9. The van der Waals surface area contributed by atoms with E-state index in [2.05, 4.69) is 0 Å². The molecule has 7 rings (SSSR count). The van der Waals surface area contributed by atoms with Crippen LogP contribution in [0.15, 0.2) is 30.3 Å². The van der Waals surface area contributed by atoms with Crippen molar-refractivity contribution in [2.45, 2.75) is 36.3 Å². The summed E-state index contributed by atoms with van der Waals surface area (Å²) in [6.07, 6.45) is -2.81. The molecule has 2 aromatic rings. The van der Waals surface area contributed by atoms with E-state index in [9.17, 15) is 14.7 Å². The number of carbonyl (C=O) groups is 2. The summed E-state index contributed by atoms with van der Waals surface area (Å²) in [7, 11) is 1.47. The maximum absolute atomic E-state index is 12.8. The summed E-state index contributed by atoms with van der Waals surface area (Å²) in [5.41, 5.74) is 1.44. The number of ether oxygens (including phenoxy) is 5. The molecule has 1 saturated heterocycles. The number of methoxy groups -OCH3 is 1. The molecule has 2 aliphatic carbocycles. The van der Waals surface area contributed by atoms with Gasteiger partial charge in [0, 0.05) is 12.0 Å². The zero-order chi connectivity index (χ0) is 19.7. The van der Waals surface area contributed by atoms with Gasteiger partial charge >= 0.3 is 0 Å². The van der Waals surface area contributed by atoms with Gasteiger partial charge in [0.1, 0.15) is 23.4 Å². The molecule has 29 heavy (non-hydrogen) atoms. The molecule has 0 aromatic heterocycles. The number of hydrogen-bond acceptors (Lipinski definition) is 8. The molecule has 2 bridgehead atoms. The van der Waals surface area contributed by atoms with E-state index in [4.69, 9.17) is 23.7 Å². The Labute approximate surface area is 163 Å². The summed E-state index contributed by atoms with van der Waals surface area (Å²) in [4.78, 5) is 25.5. The fourth-order valence-electron chi connectivity index (χ4n) is 5.15. The van der Waals surface area contributed by atoms with E-state index in [1.54, 1.807) is 30.3 Å². The zero-order valence-corrected chi connectivity index (χ0v) is 15.1. The minimum atomic E-state index is -1.67. The van der Waals surface area contributed by atoms with Crippen LogP contribution in [0.5, 0.6) is 17.2 Å². The lowest BCUT2D eigenvalue weighted by Gasteiger charge is -2.55. The maximum atomic E-state index is 12.8. The fourth-order valence-corrected chi connectivity index (χ4v) is 5.15. The standard InChI is InChI=1S/C21H14O8/c1-25-10-5-6-12-16-14(10)9(22)7-13(23)20(16)27-11-4-2-3-8-15(11)21(28-12,29-20)19-18(26-19)17(8)24/h2-6,13,18-19,23H,7H2,1H3/t13-,18-,19-,20-,21+/m1/s1. The number of aliphatic hydroxyl groups is 1. The third kappa shape index (κ3) is 1.57. The van der Waals surface area contributed by atoms with E-state index < -0.39 is 29.9 Å². The molecule has 2 aromatic carbocycles. The van der Waals surface area contributed by atoms with Crippen LogP contribution in [0.3, 0.4) is 0 Å². The van der Waals surface area contributed by atoms with Gasteiger partial charge in [-0.1, -0.05) is 12.1 Å². The minimum Gasteiger partial charge on any atom is -0.496 e. The normalized spacial score (nSPS) is 36.8. The largest absolute Gasteiger partial charge is 0.496 e. The minimum absolute atomic E-state index is 0.148. The summed E-state index contributed by atoms with van der Waals surface area (Å²) < 4.78 is 30.0. The highest BCUT2D eigenvalue weighted by atomic mass is 16.8. The second-order valence-electron chi connectivity index (χ2n) is 7.82. The molecule has 1 fully saturated rings. The van der Waals surface area contributed by atoms with Crippen LogP contribution in [0.2, 0.25) is 0 Å². The van der Waals surface area contributed by atoms with Crippen molar-refractivity contribution >= 4 is 11.6 Å². The van der Waals surface area contributed by atoms with Crippen molar-refractivity contribution in [3.63, 3.8) is 0 Å². The molecule has 0 unspecified atom stereocenters. The Hall–Kier alpha value is -2.94. The first-order valence-corrected chi connectivity index (χ1v) is 9.34. The van der Waals surface area contributed by atoms with E-state index in [-0.39, 0.29) is 23.6 Å². The smallest absolute Gasteiger partial charge is 0.274 e. The van der Waals surface area contributed by atoms with Crippen LogP contribution < -0.4 is 14.2 Å². The van der Waals surface area contributed by atoms with Crippen LogP contribution in [0, 0.1) is 0 Å². The zero-order valence-electron chi connectivity index (χ0n) is 15.1. The van der Waals surface area contributed by atoms with Crippen molar-refractivity contribution in [2.75, 3.05) is 7.11 Å². The van der Waals surface area contributed by atoms with Crippen molar-refractivity contribution in [1.29, 1.82) is 0 Å². The molecular formula is C21H14O8. The highest BCUT2D eigenvalue weighted by molar-refractivity contribution is 6.06. The molecule has 5 atom stereocenters. The molecule has 3 heterocycles. The van der Waals surface area contributed by atoms with Crippen molar-refractivity contribution < 1.29 is 38.4 Å². The van der Waals surface area contributed by atoms with Crippen LogP contribution in [0.4, 0.5) is 0 Å². The molecule has 8 heteroatoms. The maximum Gasteiger partial charge on any atom is 0.274 e. The van der Waals surface area contributed by atoms with E-state index >= 15 is 0 Å². The van der Waals surface area contributed by atoms with E-state index in [1.165, 1.54) is 7.11 Å². The molecule has 3 aliphatic heterocycles. The lowest BCUT2D eigenvalue weighted by atomic mass is 9.77. The second kappa shape index (κ2) is 4.62. The second-order valence-corrected chi connectivity index (χ2v) is 7.82. The number of Topliss-reactive ketones (excluding diaryl/α,β-unsaturated/α-hetero) is 2. The number of ketones is 2. The van der Waals surface area contributed by atoms with Gasteiger partial charge in [-0.15, -0.1) is 0 Å². The summed E-state index contributed by atoms with van der Waals surface area (Å²) in [5, 5.41) is 11.0. The van der Waals surface area contributed by atoms with Gasteiger partial charge < -0.3 is 24.1 Å². The van der Waals surface area contributed by atoms with Gasteiger partial charge in [0.25, 0.3) is 11.6 Å². The van der Waals surface area contributed by atoms with Crippen LogP contribution >= 0.6 is 0 Å². The molecule has 146 valence electrons. The van der Waals surface area contributed by atoms with E-state index in [0.717, 1.165) is 0 Å². The quantitative estimate of drug-likeness (QED) is 0.725. The average Bonchev–Trinajstić information content (AvgIpc) is 3.52. The Bertz CT molecular complexity index is 1170. The number of hydrogen-bond donors (Lipinski definition) is 1. The van der Waals surface area contributed by atoms with Crippen LogP contribution in [-0.4, -0.2) is 42.1 Å². The first-order valence-electron chi connectivity index (χ1n) is 9.34. The molecular weight excluding hydrogens is 380 g/mol. The predicted octanol–water partition coefficient (Wildman–Crippen LogP) is 1.41. The summed E-state index contributed by atoms with van der Waals surface area (Å²) in [6, 6.07) is 8.39. The summed E-state index contributed by atoms with van der Waals surface area (Å²) in [6.45, 7) is 0. The highest BCUT2D eigenvalue weighted by Gasteiger charge is 2.75. The Balaban J connectivity index is 1.59. The monoisotopic (exact) mass is 394 g/mol. The van der Waals surface area contributed by atoms with Crippen LogP contribution in [-0.2, 0) is 21.0 Å². The number of benzene rings is 2. The van der Waals surface area contributed by atoms with E-state index in [1.807, 2.05) is 0 Å². The lowest BCUT2D eigenvalue weighted by Crippen LogP contribution is -2.65. The molecule has 2 spiro atoms. The molecule has 0 amide bonds. The predicted molar refractivity (Wildman–Crippen MR) is 93.1 cm³/mol. The van der Waals surface area contributed by atoms with Gasteiger partial charge in [0.05, 0.1) is 23.8 Å². The first-order chi connectivity index (χ1) is 14.0. The molecule has 8 nitrogen and oxygen atoms in total. The Kier molecular flexibility index (Phi) is 2.53.